The molecule has 0 atom stereocenters. The largest absolute Gasteiger partial charge is 2.00 e. The van der Waals surface area contributed by atoms with Crippen LogP contribution >= 0.6 is 0 Å². The number of halogens is 10. The first-order chi connectivity index (χ1) is 10.9. The average molecular weight is 503 g/mol. The van der Waals surface area contributed by atoms with Crippen LogP contribution in [-0.4, -0.2) is 48.9 Å². The van der Waals surface area contributed by atoms with Crippen LogP contribution in [0.5, 0.6) is 11.5 Å². The Labute approximate surface area is 171 Å². The van der Waals surface area contributed by atoms with Gasteiger partial charge in [0.1, 0.15) is 0 Å². The van der Waals surface area contributed by atoms with Gasteiger partial charge in [-0.2, -0.15) is 0 Å². The van der Waals surface area contributed by atoms with Crippen LogP contribution < -0.4 is 10.2 Å². The fraction of sp³-hybridized carbons (Fsp3) is 0. The Kier molecular flexibility index (Phi) is 8.63. The van der Waals surface area contributed by atoms with Crippen LogP contribution in [0.4, 0.5) is 43.9 Å². The third kappa shape index (κ3) is 4.55. The summed E-state index contributed by atoms with van der Waals surface area (Å²) >= 11 is 0. The zero-order valence-corrected chi connectivity index (χ0v) is 15.7. The maximum absolute atomic E-state index is 12.1. The molecule has 0 fully saturated rings. The quantitative estimate of drug-likeness (QED) is 0.240. The van der Waals surface area contributed by atoms with E-state index < -0.39 is 69.7 Å². The molecule has 2 aromatic carbocycles. The summed E-state index contributed by atoms with van der Waals surface area (Å²) in [6.07, 6.45) is 0. The van der Waals surface area contributed by atoms with Gasteiger partial charge >= 0.3 is 48.9 Å². The van der Waals surface area contributed by atoms with Crippen molar-refractivity contribution in [2.75, 3.05) is 0 Å². The molecule has 132 valence electrons. The molecule has 0 aromatic heterocycles. The Morgan fingerprint density at radius 2 is 0.440 bits per heavy atom. The van der Waals surface area contributed by atoms with Gasteiger partial charge in [0.15, 0.2) is 58.2 Å². The summed E-state index contributed by atoms with van der Waals surface area (Å²) < 4.78 is 121. The van der Waals surface area contributed by atoms with Gasteiger partial charge in [-0.1, -0.05) is 0 Å². The summed E-state index contributed by atoms with van der Waals surface area (Å²) in [6, 6.07) is 0. The topological polar surface area (TPSA) is 46.1 Å². The molecular weight excluding hydrogens is 503 g/mol. The number of hydrogen-bond acceptors (Lipinski definition) is 2. The summed E-state index contributed by atoms with van der Waals surface area (Å²) in [5, 5.41) is 20.3. The van der Waals surface area contributed by atoms with E-state index in [0.29, 0.717) is 0 Å². The zero-order valence-electron chi connectivity index (χ0n) is 11.3. The van der Waals surface area contributed by atoms with Crippen LogP contribution in [0.25, 0.3) is 0 Å². The van der Waals surface area contributed by atoms with E-state index in [-0.39, 0.29) is 48.9 Å². The smallest absolute Gasteiger partial charge is 0.868 e. The third-order valence-corrected chi connectivity index (χ3v) is 2.34. The molecule has 0 radical (unpaired) electrons. The Bertz CT molecular complexity index is 534. The normalized spacial score (nSPS) is 10.0. The molecule has 0 saturated carbocycles. The van der Waals surface area contributed by atoms with E-state index in [1.807, 2.05) is 0 Å². The van der Waals surface area contributed by atoms with Crippen LogP contribution in [0.2, 0.25) is 0 Å². The van der Waals surface area contributed by atoms with Gasteiger partial charge in [0.2, 0.25) is 0 Å². The minimum absolute atomic E-state index is 0. The number of hydrogen-bond donors (Lipinski definition) is 0. The summed E-state index contributed by atoms with van der Waals surface area (Å²) in [4.78, 5) is 0. The Balaban J connectivity index is 0.000000443. The van der Waals surface area contributed by atoms with Crippen molar-refractivity contribution in [2.45, 2.75) is 0 Å². The second-order valence-electron chi connectivity index (χ2n) is 3.80. The van der Waals surface area contributed by atoms with E-state index >= 15 is 0 Å². The van der Waals surface area contributed by atoms with E-state index in [0.717, 1.165) is 0 Å². The van der Waals surface area contributed by atoms with Gasteiger partial charge in [0, 0.05) is 0 Å². The predicted octanol–water partition coefficient (Wildman–Crippen LogP) is 2.53. The van der Waals surface area contributed by atoms with Crippen LogP contribution in [0.1, 0.15) is 0 Å². The van der Waals surface area contributed by atoms with Crippen molar-refractivity contribution >= 4 is 48.9 Å². The van der Waals surface area contributed by atoms with Crippen molar-refractivity contribution in [1.82, 2.24) is 0 Å². The first-order valence-corrected chi connectivity index (χ1v) is 5.30. The van der Waals surface area contributed by atoms with Crippen molar-refractivity contribution in [2.24, 2.45) is 0 Å². The molecule has 0 unspecified atom stereocenters. The Morgan fingerprint density at radius 3 is 0.600 bits per heavy atom. The molecule has 2 rings (SSSR count). The zero-order chi connectivity index (χ0) is 18.9. The standard InChI is InChI=1S/2C6HF5O.Ba/c2*7-1-2(8)4(10)6(12)5(11)3(1)9;/h2*12H;/q;;+2/p-2. The molecule has 0 spiro atoms. The summed E-state index contributed by atoms with van der Waals surface area (Å²) in [7, 11) is 0. The molecule has 0 bridgehead atoms. The Hall–Kier alpha value is -1.09. The average Bonchev–Trinajstić information content (AvgIpc) is 2.58. The minimum atomic E-state index is -2.33. The van der Waals surface area contributed by atoms with Crippen LogP contribution in [-0.2, 0) is 0 Å². The van der Waals surface area contributed by atoms with Crippen molar-refractivity contribution < 1.29 is 54.1 Å². The molecule has 0 amide bonds. The molecule has 0 aliphatic carbocycles. The summed E-state index contributed by atoms with van der Waals surface area (Å²) in [5.74, 6) is -27.2. The monoisotopic (exact) mass is 504 g/mol. The molecule has 0 saturated heterocycles. The van der Waals surface area contributed by atoms with Crippen molar-refractivity contribution in [3.05, 3.63) is 58.2 Å². The van der Waals surface area contributed by atoms with E-state index in [2.05, 4.69) is 0 Å². The van der Waals surface area contributed by atoms with Crippen molar-refractivity contribution in [1.29, 1.82) is 0 Å². The molecular formula is C12BaF10O2. The maximum Gasteiger partial charge on any atom is 2.00 e. The predicted molar refractivity (Wildman–Crippen MR) is 57.1 cm³/mol. The Morgan fingerprint density at radius 1 is 0.320 bits per heavy atom. The summed E-state index contributed by atoms with van der Waals surface area (Å²) in [6.45, 7) is 0. The van der Waals surface area contributed by atoms with Crippen LogP contribution in [0.3, 0.4) is 0 Å². The summed E-state index contributed by atoms with van der Waals surface area (Å²) in [5.41, 5.74) is 0. The number of rotatable bonds is 0. The second-order valence-corrected chi connectivity index (χ2v) is 3.80. The van der Waals surface area contributed by atoms with Gasteiger partial charge in [-0.25, -0.2) is 43.9 Å². The molecule has 0 N–H and O–H groups in total. The number of benzene rings is 2. The van der Waals surface area contributed by atoms with Gasteiger partial charge in [-0.15, -0.1) is 0 Å². The van der Waals surface area contributed by atoms with Gasteiger partial charge < -0.3 is 10.2 Å². The fourth-order valence-corrected chi connectivity index (χ4v) is 1.17. The fourth-order valence-electron chi connectivity index (χ4n) is 1.17. The van der Waals surface area contributed by atoms with Gasteiger partial charge in [0.05, 0.1) is 0 Å². The molecule has 0 aliphatic heterocycles. The third-order valence-electron chi connectivity index (χ3n) is 2.34. The van der Waals surface area contributed by atoms with Crippen molar-refractivity contribution in [3.63, 3.8) is 0 Å². The van der Waals surface area contributed by atoms with E-state index in [4.69, 9.17) is 0 Å². The second kappa shape index (κ2) is 9.03. The molecule has 0 heterocycles. The van der Waals surface area contributed by atoms with Crippen LogP contribution in [0, 0.1) is 58.2 Å². The molecule has 25 heavy (non-hydrogen) atoms. The SMILES string of the molecule is [Ba+2].[O-]c1c(F)c(F)c(F)c(F)c1F.[O-]c1c(F)c(F)c(F)c(F)c1F. The van der Waals surface area contributed by atoms with Gasteiger partial charge in [-0.05, 0) is 11.5 Å². The van der Waals surface area contributed by atoms with E-state index in [1.54, 1.807) is 0 Å². The van der Waals surface area contributed by atoms with Gasteiger partial charge in [-0.3, -0.25) is 0 Å². The molecule has 2 nitrogen and oxygen atoms in total. The molecule has 2 aromatic rings. The van der Waals surface area contributed by atoms with Crippen LogP contribution in [0.15, 0.2) is 0 Å². The maximum atomic E-state index is 12.1. The van der Waals surface area contributed by atoms with Gasteiger partial charge in [0.25, 0.3) is 0 Å². The van der Waals surface area contributed by atoms with Crippen molar-refractivity contribution in [3.8, 4) is 11.5 Å². The van der Waals surface area contributed by atoms with E-state index in [9.17, 15) is 54.1 Å². The minimum Gasteiger partial charge on any atom is -0.868 e. The van der Waals surface area contributed by atoms with E-state index in [1.165, 1.54) is 0 Å². The first-order valence-electron chi connectivity index (χ1n) is 5.30. The molecule has 13 heteroatoms. The first kappa shape index (κ1) is 23.9. The molecule has 0 aliphatic rings.